The number of carboxylic acids is 1. The van der Waals surface area contributed by atoms with Crippen LogP contribution in [-0.4, -0.2) is 60.1 Å². The van der Waals surface area contributed by atoms with E-state index in [1.54, 1.807) is 5.38 Å². The highest BCUT2D eigenvalue weighted by molar-refractivity contribution is 14.1. The average Bonchev–Trinajstić information content (AvgIpc) is 3.66. The molecule has 0 aliphatic carbocycles. The van der Waals surface area contributed by atoms with Crippen molar-refractivity contribution >= 4 is 74.3 Å². The number of carbonyl (C=O) groups is 3. The Hall–Kier alpha value is -4.99. The van der Waals surface area contributed by atoms with Crippen molar-refractivity contribution in [2.24, 2.45) is 5.16 Å². The van der Waals surface area contributed by atoms with Crippen molar-refractivity contribution in [3.63, 3.8) is 0 Å². The van der Waals surface area contributed by atoms with Crippen LogP contribution in [0.15, 0.2) is 143 Å². The van der Waals surface area contributed by atoms with Gasteiger partial charge in [-0.05, 0) is 27.8 Å². The molecule has 10 nitrogen and oxygen atoms in total. The molecule has 1 fully saturated rings. The van der Waals surface area contributed by atoms with Crippen LogP contribution in [0.1, 0.15) is 27.9 Å². The van der Waals surface area contributed by atoms with Gasteiger partial charge in [0.2, 0.25) is 0 Å². The molecule has 2 aliphatic rings. The fraction of sp³-hybridized carbons (Fsp3) is 0.154. The highest BCUT2D eigenvalue weighted by Crippen LogP contribution is 2.42. The van der Waals surface area contributed by atoms with E-state index in [4.69, 9.17) is 9.82 Å². The maximum atomic E-state index is 14.0. The lowest BCUT2D eigenvalue weighted by molar-refractivity contribution is -0.150. The van der Waals surface area contributed by atoms with Crippen LogP contribution in [0.25, 0.3) is 0 Å². The summed E-state index contributed by atoms with van der Waals surface area (Å²) in [5.74, 6) is -1.87. The van der Waals surface area contributed by atoms with Crippen molar-refractivity contribution in [3.05, 3.63) is 166 Å². The Morgan fingerprint density at radius 3 is 2.00 bits per heavy atom. The lowest BCUT2D eigenvalue weighted by Gasteiger charge is -2.49. The summed E-state index contributed by atoms with van der Waals surface area (Å²) in [5.41, 5.74) is 3.76. The second-order valence-corrected chi connectivity index (χ2v) is 14.7. The summed E-state index contributed by atoms with van der Waals surface area (Å²) < 4.78 is 0.482. The Balaban J connectivity index is 1.22. The molecule has 1 saturated heterocycles. The fourth-order valence-corrected chi connectivity index (χ4v) is 9.42. The van der Waals surface area contributed by atoms with Gasteiger partial charge in [0.1, 0.15) is 35.0 Å². The number of halogens is 1. The number of hydrogen-bond acceptors (Lipinski definition) is 9. The largest absolute Gasteiger partial charge is 0.477 e. The van der Waals surface area contributed by atoms with Crippen LogP contribution in [0.4, 0.5) is 5.13 Å². The number of rotatable bonds is 13. The summed E-state index contributed by atoms with van der Waals surface area (Å²) in [4.78, 5) is 51.3. The van der Waals surface area contributed by atoms with E-state index >= 15 is 0 Å². The van der Waals surface area contributed by atoms with Gasteiger partial charge in [-0.1, -0.05) is 149 Å². The molecule has 2 aliphatic heterocycles. The van der Waals surface area contributed by atoms with E-state index in [2.05, 4.69) is 74.8 Å². The molecule has 7 rings (SSSR count). The van der Waals surface area contributed by atoms with Gasteiger partial charge in [-0.25, -0.2) is 9.78 Å². The molecule has 0 saturated carbocycles. The van der Waals surface area contributed by atoms with E-state index in [-0.39, 0.29) is 23.7 Å². The number of aromatic nitrogens is 1. The normalized spacial score (nSPS) is 17.2. The Kier molecular flexibility index (Phi) is 10.7. The third-order valence-corrected chi connectivity index (χ3v) is 11.8. The minimum atomic E-state index is -1.16. The van der Waals surface area contributed by atoms with Crippen LogP contribution in [0.5, 0.6) is 0 Å². The van der Waals surface area contributed by atoms with Crippen LogP contribution < -0.4 is 10.6 Å². The van der Waals surface area contributed by atoms with Crippen molar-refractivity contribution in [1.82, 2.24) is 15.2 Å². The summed E-state index contributed by atoms with van der Waals surface area (Å²) in [6, 6.07) is 38.8. The van der Waals surface area contributed by atoms with Crippen LogP contribution >= 0.6 is 45.7 Å². The smallest absolute Gasteiger partial charge is 0.352 e. The quantitative estimate of drug-likeness (QED) is 0.0300. The first-order chi connectivity index (χ1) is 25.4. The first-order valence-electron chi connectivity index (χ1n) is 16.3. The number of nitrogens with zero attached hydrogens (tertiary/aromatic N) is 3. The minimum Gasteiger partial charge on any atom is -0.477 e. The number of oxime groups is 1. The summed E-state index contributed by atoms with van der Waals surface area (Å²) in [6.07, 6.45) is 0. The molecule has 2 amide bonds. The van der Waals surface area contributed by atoms with Gasteiger partial charge in [0, 0.05) is 15.6 Å². The summed E-state index contributed by atoms with van der Waals surface area (Å²) in [6.45, 7) is 0.104. The van der Waals surface area contributed by atoms with Gasteiger partial charge in [0.25, 0.3) is 11.8 Å². The molecule has 1 aromatic heterocycles. The van der Waals surface area contributed by atoms with Crippen molar-refractivity contribution in [2.45, 2.75) is 23.6 Å². The molecule has 52 heavy (non-hydrogen) atoms. The highest BCUT2D eigenvalue weighted by Gasteiger charge is 2.54. The number of benzene rings is 4. The van der Waals surface area contributed by atoms with Gasteiger partial charge in [0.15, 0.2) is 10.8 Å². The van der Waals surface area contributed by atoms with Crippen molar-refractivity contribution in [2.75, 3.05) is 15.5 Å². The molecule has 0 radical (unpaired) electrons. The SMILES string of the molecule is O=C(O)C1=C(CI)CS[C@H]2[C@H](NC(=O)C(=NOCc3ccccc3)c3csc(NC(c4ccccc4)(c4ccccc4)c4ccccc4)n3)C(=O)N12. The molecule has 13 heteroatoms. The summed E-state index contributed by atoms with van der Waals surface area (Å²) in [7, 11) is 0. The van der Waals surface area contributed by atoms with Gasteiger partial charge in [0.05, 0.1) is 0 Å². The minimum absolute atomic E-state index is 0.0114. The van der Waals surface area contributed by atoms with Gasteiger partial charge in [-0.2, -0.15) is 0 Å². The Bertz CT molecular complexity index is 2030. The Morgan fingerprint density at radius 2 is 1.46 bits per heavy atom. The zero-order chi connectivity index (χ0) is 36.1. The number of alkyl halides is 1. The number of fused-ring (bicyclic) bond motifs is 1. The number of anilines is 1. The molecule has 5 aromatic rings. The molecule has 262 valence electrons. The monoisotopic (exact) mass is 841 g/mol. The van der Waals surface area contributed by atoms with E-state index in [1.165, 1.54) is 28.0 Å². The predicted octanol–water partition coefficient (Wildman–Crippen LogP) is 6.64. The topological polar surface area (TPSA) is 133 Å². The summed E-state index contributed by atoms with van der Waals surface area (Å²) >= 11 is 4.82. The van der Waals surface area contributed by atoms with Crippen LogP contribution in [0, 0.1) is 0 Å². The average molecular weight is 842 g/mol. The molecular weight excluding hydrogens is 809 g/mol. The third-order valence-electron chi connectivity index (χ3n) is 8.80. The highest BCUT2D eigenvalue weighted by atomic mass is 127. The van der Waals surface area contributed by atoms with Gasteiger partial charge < -0.3 is 20.6 Å². The standard InChI is InChI=1S/C39H32IN5O5S2/c40-21-26-23-51-36-32(35(47)45(36)33(26)37(48)49)42-34(46)31(44-50-22-25-13-5-1-6-14-25)30-24-52-38(41-30)43-39(27-15-7-2-8-16-27,28-17-9-3-10-18-28)29-19-11-4-12-20-29/h1-20,24,32,36H,21-23H2,(H,41,43)(H,42,46)(H,48,49)/t32-,36+/m1/s1. The Labute approximate surface area is 322 Å². The second-order valence-electron chi connectivity index (χ2n) is 12.0. The molecule has 0 bridgehead atoms. The predicted molar refractivity (Wildman–Crippen MR) is 211 cm³/mol. The van der Waals surface area contributed by atoms with E-state index in [9.17, 15) is 19.5 Å². The number of hydrogen-bond donors (Lipinski definition) is 3. The van der Waals surface area contributed by atoms with Crippen LogP contribution in [0.2, 0.25) is 0 Å². The molecule has 3 heterocycles. The summed E-state index contributed by atoms with van der Waals surface area (Å²) in [5, 5.41) is 22.4. The van der Waals surface area contributed by atoms with Crippen molar-refractivity contribution < 1.29 is 24.3 Å². The Morgan fingerprint density at radius 1 is 0.904 bits per heavy atom. The van der Waals surface area contributed by atoms with Gasteiger partial charge >= 0.3 is 5.97 Å². The first-order valence-corrected chi connectivity index (χ1v) is 19.8. The van der Waals surface area contributed by atoms with Crippen molar-refractivity contribution in [3.8, 4) is 0 Å². The maximum absolute atomic E-state index is 14.0. The van der Waals surface area contributed by atoms with Gasteiger partial charge in [-0.3, -0.25) is 14.5 Å². The lowest BCUT2D eigenvalue weighted by atomic mass is 9.77. The number of thiazole rings is 1. The lowest BCUT2D eigenvalue weighted by Crippen LogP contribution is -2.71. The number of amides is 2. The van der Waals surface area contributed by atoms with E-state index < -0.39 is 34.7 Å². The first kappa shape index (κ1) is 35.4. The number of carboxylic acid groups (broad SMARTS) is 1. The molecule has 0 spiro atoms. The number of carbonyl (C=O) groups excluding carboxylic acids is 2. The molecule has 3 N–H and O–H groups in total. The van der Waals surface area contributed by atoms with Gasteiger partial charge in [-0.15, -0.1) is 23.1 Å². The van der Waals surface area contributed by atoms with Crippen LogP contribution in [-0.2, 0) is 31.4 Å². The molecular formula is C39H32IN5O5S2. The number of thioether (sulfide) groups is 1. The maximum Gasteiger partial charge on any atom is 0.352 e. The van der Waals surface area contributed by atoms with Crippen LogP contribution in [0.3, 0.4) is 0 Å². The molecule has 0 unspecified atom stereocenters. The zero-order valence-electron chi connectivity index (χ0n) is 27.5. The second kappa shape index (κ2) is 15.7. The van der Waals surface area contributed by atoms with E-state index in [0.717, 1.165) is 22.3 Å². The number of aliphatic carboxylic acids is 1. The van der Waals surface area contributed by atoms with E-state index in [0.29, 0.717) is 20.9 Å². The van der Waals surface area contributed by atoms with Crippen molar-refractivity contribution in [1.29, 1.82) is 0 Å². The fourth-order valence-electron chi connectivity index (χ4n) is 6.33. The molecule has 4 aromatic carbocycles. The molecule has 2 atom stereocenters. The number of nitrogens with one attached hydrogen (secondary N) is 2. The third kappa shape index (κ3) is 6.95. The zero-order valence-corrected chi connectivity index (χ0v) is 31.3. The number of β-lactam (4-membered cyclic amide) rings is 1. The van der Waals surface area contributed by atoms with E-state index in [1.807, 2.05) is 84.9 Å².